The smallest absolute Gasteiger partial charge is 0.308 e. The molecule has 0 N–H and O–H groups in total. The molecule has 0 aliphatic carbocycles. The van der Waals surface area contributed by atoms with E-state index < -0.39 is 6.08 Å². The normalized spacial score (nSPS) is 10.7. The SMILES string of the molecule is CC(C)c1ccc(OCCc2cnc(F)nc2)cc1. The first-order valence-corrected chi connectivity index (χ1v) is 6.34. The Labute approximate surface area is 112 Å². The summed E-state index contributed by atoms with van der Waals surface area (Å²) in [6, 6.07) is 8.08. The van der Waals surface area contributed by atoms with Crippen molar-refractivity contribution in [3.63, 3.8) is 0 Å². The van der Waals surface area contributed by atoms with E-state index in [2.05, 4.69) is 35.9 Å². The van der Waals surface area contributed by atoms with Gasteiger partial charge in [-0.1, -0.05) is 26.0 Å². The van der Waals surface area contributed by atoms with Crippen LogP contribution in [0.25, 0.3) is 0 Å². The summed E-state index contributed by atoms with van der Waals surface area (Å²) in [6.45, 7) is 4.84. The number of benzene rings is 1. The Morgan fingerprint density at radius 3 is 2.32 bits per heavy atom. The standard InChI is InChI=1S/C15H17FN2O/c1-11(2)13-3-5-14(6-4-13)19-8-7-12-9-17-15(16)18-10-12/h3-6,9-11H,7-8H2,1-2H3. The maximum absolute atomic E-state index is 12.5. The second kappa shape index (κ2) is 6.27. The van der Waals surface area contributed by atoms with Crippen LogP contribution < -0.4 is 4.74 Å². The van der Waals surface area contributed by atoms with Crippen molar-refractivity contribution in [2.24, 2.45) is 0 Å². The van der Waals surface area contributed by atoms with E-state index in [-0.39, 0.29) is 0 Å². The van der Waals surface area contributed by atoms with Gasteiger partial charge in [-0.25, -0.2) is 9.97 Å². The highest BCUT2D eigenvalue weighted by molar-refractivity contribution is 5.28. The van der Waals surface area contributed by atoms with Crippen LogP contribution in [0, 0.1) is 6.08 Å². The first-order valence-electron chi connectivity index (χ1n) is 6.34. The van der Waals surface area contributed by atoms with Crippen molar-refractivity contribution in [1.29, 1.82) is 0 Å². The summed E-state index contributed by atoms with van der Waals surface area (Å²) in [4.78, 5) is 7.00. The molecule has 0 aliphatic heterocycles. The average Bonchev–Trinajstić information content (AvgIpc) is 2.41. The van der Waals surface area contributed by atoms with Gasteiger partial charge in [0.1, 0.15) is 5.75 Å². The predicted octanol–water partition coefficient (Wildman–Crippen LogP) is 3.36. The second-order valence-corrected chi connectivity index (χ2v) is 4.68. The van der Waals surface area contributed by atoms with Crippen LogP contribution in [-0.2, 0) is 6.42 Å². The van der Waals surface area contributed by atoms with Crippen molar-refractivity contribution in [1.82, 2.24) is 9.97 Å². The number of hydrogen-bond acceptors (Lipinski definition) is 3. The Morgan fingerprint density at radius 2 is 1.74 bits per heavy atom. The topological polar surface area (TPSA) is 35.0 Å². The molecule has 0 saturated carbocycles. The molecule has 1 aromatic carbocycles. The Kier molecular flexibility index (Phi) is 4.44. The van der Waals surface area contributed by atoms with Crippen molar-refractivity contribution < 1.29 is 9.13 Å². The second-order valence-electron chi connectivity index (χ2n) is 4.68. The van der Waals surface area contributed by atoms with Crippen LogP contribution >= 0.6 is 0 Å². The van der Waals surface area contributed by atoms with Crippen LogP contribution in [0.5, 0.6) is 5.75 Å². The molecule has 0 unspecified atom stereocenters. The largest absolute Gasteiger partial charge is 0.493 e. The molecule has 0 radical (unpaired) electrons. The molecule has 0 saturated heterocycles. The fraction of sp³-hybridized carbons (Fsp3) is 0.333. The van der Waals surface area contributed by atoms with E-state index in [1.54, 1.807) is 0 Å². The lowest BCUT2D eigenvalue weighted by Crippen LogP contribution is -2.03. The van der Waals surface area contributed by atoms with E-state index in [1.165, 1.54) is 18.0 Å². The predicted molar refractivity (Wildman–Crippen MR) is 71.7 cm³/mol. The Bertz CT molecular complexity index is 509. The Balaban J connectivity index is 1.83. The highest BCUT2D eigenvalue weighted by Crippen LogP contribution is 2.18. The molecular formula is C15H17FN2O. The van der Waals surface area contributed by atoms with Crippen molar-refractivity contribution in [3.05, 3.63) is 53.9 Å². The lowest BCUT2D eigenvalue weighted by Gasteiger charge is -2.08. The van der Waals surface area contributed by atoms with Crippen LogP contribution in [0.1, 0.15) is 30.9 Å². The zero-order valence-corrected chi connectivity index (χ0v) is 11.1. The van der Waals surface area contributed by atoms with E-state index in [9.17, 15) is 4.39 Å². The summed E-state index contributed by atoms with van der Waals surface area (Å²) in [5.74, 6) is 1.36. The summed E-state index contributed by atoms with van der Waals surface area (Å²) in [5, 5.41) is 0. The molecule has 4 heteroatoms. The first-order chi connectivity index (χ1) is 9.15. The molecule has 0 spiro atoms. The Hall–Kier alpha value is -1.97. The molecule has 0 fully saturated rings. The molecule has 1 heterocycles. The van der Waals surface area contributed by atoms with Gasteiger partial charge in [0, 0.05) is 18.8 Å². The summed E-state index contributed by atoms with van der Waals surface area (Å²) in [6.07, 6.45) is 2.92. The molecule has 0 atom stereocenters. The summed E-state index contributed by atoms with van der Waals surface area (Å²) in [5.41, 5.74) is 2.15. The van der Waals surface area contributed by atoms with Gasteiger partial charge in [0.25, 0.3) is 0 Å². The third kappa shape index (κ3) is 4.02. The molecule has 3 nitrogen and oxygen atoms in total. The van der Waals surface area contributed by atoms with Crippen LogP contribution in [0.4, 0.5) is 4.39 Å². The summed E-state index contributed by atoms with van der Waals surface area (Å²) in [7, 11) is 0. The van der Waals surface area contributed by atoms with E-state index in [0.717, 1.165) is 11.3 Å². The van der Waals surface area contributed by atoms with E-state index >= 15 is 0 Å². The molecular weight excluding hydrogens is 243 g/mol. The minimum absolute atomic E-state index is 0.519. The molecule has 1 aromatic heterocycles. The number of ether oxygens (including phenoxy) is 1. The maximum atomic E-state index is 12.5. The molecule has 2 rings (SSSR count). The number of rotatable bonds is 5. The number of nitrogens with zero attached hydrogens (tertiary/aromatic N) is 2. The van der Waals surface area contributed by atoms with E-state index in [4.69, 9.17) is 4.74 Å². The van der Waals surface area contributed by atoms with Gasteiger partial charge in [-0.2, -0.15) is 4.39 Å². The van der Waals surface area contributed by atoms with Crippen LogP contribution in [0.2, 0.25) is 0 Å². The zero-order valence-electron chi connectivity index (χ0n) is 11.1. The molecule has 0 bridgehead atoms. The summed E-state index contributed by atoms with van der Waals surface area (Å²) >= 11 is 0. The first kappa shape index (κ1) is 13.5. The van der Waals surface area contributed by atoms with Crippen LogP contribution in [-0.4, -0.2) is 16.6 Å². The van der Waals surface area contributed by atoms with Gasteiger partial charge in [0.05, 0.1) is 6.61 Å². The monoisotopic (exact) mass is 260 g/mol. The molecule has 19 heavy (non-hydrogen) atoms. The minimum Gasteiger partial charge on any atom is -0.493 e. The minimum atomic E-state index is -0.700. The van der Waals surface area contributed by atoms with Gasteiger partial charge >= 0.3 is 6.08 Å². The molecule has 100 valence electrons. The third-order valence-electron chi connectivity index (χ3n) is 2.88. The maximum Gasteiger partial charge on any atom is 0.308 e. The quantitative estimate of drug-likeness (QED) is 0.773. The van der Waals surface area contributed by atoms with Crippen LogP contribution in [0.3, 0.4) is 0 Å². The fourth-order valence-corrected chi connectivity index (χ4v) is 1.70. The Morgan fingerprint density at radius 1 is 1.11 bits per heavy atom. The van der Waals surface area contributed by atoms with E-state index in [1.807, 2.05) is 12.1 Å². The fourth-order valence-electron chi connectivity index (χ4n) is 1.70. The lowest BCUT2D eigenvalue weighted by molar-refractivity contribution is 0.321. The summed E-state index contributed by atoms with van der Waals surface area (Å²) < 4.78 is 18.1. The van der Waals surface area contributed by atoms with Gasteiger partial charge in [-0.3, -0.25) is 0 Å². The van der Waals surface area contributed by atoms with Gasteiger partial charge in [0.2, 0.25) is 0 Å². The number of aromatic nitrogens is 2. The van der Waals surface area contributed by atoms with Crippen molar-refractivity contribution in [2.45, 2.75) is 26.2 Å². The van der Waals surface area contributed by atoms with Gasteiger partial charge < -0.3 is 4.74 Å². The number of hydrogen-bond donors (Lipinski definition) is 0. The lowest BCUT2D eigenvalue weighted by atomic mass is 10.0. The number of halogens is 1. The van der Waals surface area contributed by atoms with Gasteiger partial charge in [-0.05, 0) is 29.2 Å². The molecule has 0 amide bonds. The van der Waals surface area contributed by atoms with Crippen molar-refractivity contribution >= 4 is 0 Å². The highest BCUT2D eigenvalue weighted by atomic mass is 19.1. The highest BCUT2D eigenvalue weighted by Gasteiger charge is 2.00. The van der Waals surface area contributed by atoms with E-state index in [0.29, 0.717) is 18.9 Å². The average molecular weight is 260 g/mol. The zero-order chi connectivity index (χ0) is 13.7. The third-order valence-corrected chi connectivity index (χ3v) is 2.88. The molecule has 2 aromatic rings. The van der Waals surface area contributed by atoms with Crippen LogP contribution in [0.15, 0.2) is 36.7 Å². The van der Waals surface area contributed by atoms with Gasteiger partial charge in [0.15, 0.2) is 0 Å². The van der Waals surface area contributed by atoms with Gasteiger partial charge in [-0.15, -0.1) is 0 Å². The van der Waals surface area contributed by atoms with Crippen molar-refractivity contribution in [3.8, 4) is 5.75 Å². The van der Waals surface area contributed by atoms with Crippen molar-refractivity contribution in [2.75, 3.05) is 6.61 Å². The molecule has 0 aliphatic rings.